The Kier molecular flexibility index (Phi) is 3.02. The van der Waals surface area contributed by atoms with Gasteiger partial charge in [-0.3, -0.25) is 9.59 Å². The fourth-order valence-corrected chi connectivity index (χ4v) is 8.41. The summed E-state index contributed by atoms with van der Waals surface area (Å²) in [5, 5.41) is 0. The summed E-state index contributed by atoms with van der Waals surface area (Å²) < 4.78 is 10.9. The molecule has 4 heterocycles. The van der Waals surface area contributed by atoms with Crippen molar-refractivity contribution in [3.05, 3.63) is 35.2 Å². The minimum absolute atomic E-state index is 0.146. The number of carbonyl (C=O) groups is 2. The van der Waals surface area contributed by atoms with Crippen LogP contribution in [0.2, 0.25) is 0 Å². The Morgan fingerprint density at radius 2 is 1.96 bits per heavy atom. The Hall–Kier alpha value is -2.18. The molecule has 3 fully saturated rings. The molecule has 0 radical (unpaired) electrons. The van der Waals surface area contributed by atoms with Crippen molar-refractivity contribution in [2.75, 3.05) is 13.8 Å². The minimum Gasteiger partial charge on any atom is -0.454 e. The van der Waals surface area contributed by atoms with Gasteiger partial charge in [-0.25, -0.2) is 6.57 Å². The van der Waals surface area contributed by atoms with Gasteiger partial charge in [-0.15, -0.1) is 0 Å². The number of benzene rings is 1. The summed E-state index contributed by atoms with van der Waals surface area (Å²) in [6.45, 7) is 11.6. The molecule has 3 unspecified atom stereocenters. The van der Waals surface area contributed by atoms with Gasteiger partial charge in [0.05, 0.1) is 6.42 Å². The molecular formula is C18H17N3O4S2. The highest BCUT2D eigenvalue weighted by atomic mass is 32.8. The van der Waals surface area contributed by atoms with Crippen molar-refractivity contribution >= 4 is 32.5 Å². The summed E-state index contributed by atoms with van der Waals surface area (Å²) in [6, 6.07) is 4.88. The van der Waals surface area contributed by atoms with Crippen LogP contribution < -0.4 is 9.47 Å². The zero-order valence-corrected chi connectivity index (χ0v) is 16.6. The maximum Gasteiger partial charge on any atom is 0.261 e. The molecule has 0 aromatic heterocycles. The molecule has 3 saturated heterocycles. The van der Waals surface area contributed by atoms with Gasteiger partial charge in [0.2, 0.25) is 6.79 Å². The number of rotatable bonds is 1. The van der Waals surface area contributed by atoms with E-state index in [1.165, 1.54) is 4.90 Å². The van der Waals surface area contributed by atoms with Crippen molar-refractivity contribution in [1.29, 1.82) is 0 Å². The van der Waals surface area contributed by atoms with Gasteiger partial charge in [0.15, 0.2) is 21.2 Å². The van der Waals surface area contributed by atoms with Crippen LogP contribution in [-0.2, 0) is 30.2 Å². The molecule has 2 amide bonds. The first-order valence-corrected chi connectivity index (χ1v) is 10.7. The molecule has 0 aliphatic carbocycles. The second kappa shape index (κ2) is 4.80. The summed E-state index contributed by atoms with van der Waals surface area (Å²) in [5.41, 5.74) is -0.183. The lowest BCUT2D eigenvalue weighted by Crippen LogP contribution is -2.60. The molecule has 4 aliphatic rings. The average molecular weight is 403 g/mol. The van der Waals surface area contributed by atoms with Crippen LogP contribution in [0.15, 0.2) is 18.2 Å². The molecule has 5 rings (SSSR count). The number of nitrogens with zero attached hydrogens (tertiary/aromatic N) is 3. The smallest absolute Gasteiger partial charge is 0.261 e. The largest absolute Gasteiger partial charge is 0.454 e. The SMILES string of the molecule is [C-]#[N+][C@@]1(C)CC23C(=O)N(C)C(C)(C(=O)N2[C@H]1c1ccc2c(c1)OCO2)S3=S. The molecule has 9 heteroatoms. The van der Waals surface area contributed by atoms with E-state index < -0.39 is 30.8 Å². The van der Waals surface area contributed by atoms with Gasteiger partial charge in [-0.2, -0.15) is 0 Å². The Morgan fingerprint density at radius 1 is 1.26 bits per heavy atom. The Balaban J connectivity index is 1.73. The van der Waals surface area contributed by atoms with E-state index in [4.69, 9.17) is 27.2 Å². The van der Waals surface area contributed by atoms with Crippen LogP contribution in [0.5, 0.6) is 11.5 Å². The number of fused-ring (bicyclic) bond motifs is 2. The lowest BCUT2D eigenvalue weighted by Gasteiger charge is -2.38. The molecule has 1 spiro atoms. The molecular weight excluding hydrogens is 386 g/mol. The van der Waals surface area contributed by atoms with E-state index in [0.29, 0.717) is 11.5 Å². The third-order valence-electron chi connectivity index (χ3n) is 6.36. The minimum atomic E-state index is -1.11. The van der Waals surface area contributed by atoms with E-state index in [9.17, 15) is 9.59 Å². The standard InChI is InChI=1S/C18H17N3O4S2/c1-16(19-3)8-18-15(23)20(4)17(2,27(18)26)14(22)21(18)13(16)10-5-6-11-12(7-10)25-9-24-11/h5-7,13H,8-9H2,1-2,4H3/t13-,16-,17?,18?,27?/m0/s1. The summed E-state index contributed by atoms with van der Waals surface area (Å²) in [7, 11) is 0.702. The van der Waals surface area contributed by atoms with E-state index in [1.54, 1.807) is 24.9 Å². The normalized spacial score (nSPS) is 41.3. The Morgan fingerprint density at radius 3 is 2.67 bits per heavy atom. The maximum atomic E-state index is 13.5. The Bertz CT molecular complexity index is 1010. The summed E-state index contributed by atoms with van der Waals surface area (Å²) in [4.78, 5) is 31.6. The first-order chi connectivity index (χ1) is 12.7. The molecule has 27 heavy (non-hydrogen) atoms. The molecule has 1 aromatic carbocycles. The molecule has 4 aliphatic heterocycles. The van der Waals surface area contributed by atoms with Crippen LogP contribution in [0.4, 0.5) is 0 Å². The highest BCUT2D eigenvalue weighted by Gasteiger charge is 2.82. The molecule has 7 nitrogen and oxygen atoms in total. The first kappa shape index (κ1) is 17.0. The van der Waals surface area contributed by atoms with Crippen LogP contribution >= 0.6 is 0 Å². The average Bonchev–Trinajstić information content (AvgIpc) is 3.31. The van der Waals surface area contributed by atoms with Crippen molar-refractivity contribution in [2.45, 2.75) is 41.6 Å². The van der Waals surface area contributed by atoms with Gasteiger partial charge in [-0.1, -0.05) is 6.07 Å². The summed E-state index contributed by atoms with van der Waals surface area (Å²) >= 11 is 5.77. The van der Waals surface area contributed by atoms with Crippen LogP contribution in [0.25, 0.3) is 4.85 Å². The van der Waals surface area contributed by atoms with Gasteiger partial charge in [0.1, 0.15) is 6.04 Å². The third-order valence-corrected chi connectivity index (χ3v) is 10.5. The maximum absolute atomic E-state index is 13.5. The summed E-state index contributed by atoms with van der Waals surface area (Å²) in [5.74, 6) is 0.902. The fourth-order valence-electron chi connectivity index (χ4n) is 4.89. The van der Waals surface area contributed by atoms with Crippen molar-refractivity contribution in [2.24, 2.45) is 0 Å². The number of likely N-dealkylation sites (N-methyl/N-ethyl adjacent to an activating group) is 1. The zero-order chi connectivity index (χ0) is 19.4. The topological polar surface area (TPSA) is 63.4 Å². The Labute approximate surface area is 163 Å². The van der Waals surface area contributed by atoms with Gasteiger partial charge >= 0.3 is 0 Å². The highest BCUT2D eigenvalue weighted by molar-refractivity contribution is 8.31. The predicted molar refractivity (Wildman–Crippen MR) is 100 cm³/mol. The molecule has 2 bridgehead atoms. The second-order valence-corrected chi connectivity index (χ2v) is 10.7. The summed E-state index contributed by atoms with van der Waals surface area (Å²) in [6.07, 6.45) is 0.250. The zero-order valence-electron chi connectivity index (χ0n) is 15.0. The molecule has 5 atom stereocenters. The van der Waals surface area contributed by atoms with E-state index in [0.717, 1.165) is 5.56 Å². The molecule has 0 N–H and O–H groups in total. The van der Waals surface area contributed by atoms with Crippen molar-refractivity contribution in [1.82, 2.24) is 9.80 Å². The van der Waals surface area contributed by atoms with Gasteiger partial charge < -0.3 is 24.1 Å². The van der Waals surface area contributed by atoms with E-state index in [-0.39, 0.29) is 25.0 Å². The van der Waals surface area contributed by atoms with Gasteiger partial charge in [0, 0.05) is 14.0 Å². The van der Waals surface area contributed by atoms with Crippen LogP contribution in [0.3, 0.4) is 0 Å². The highest BCUT2D eigenvalue weighted by Crippen LogP contribution is 2.63. The van der Waals surface area contributed by atoms with E-state index in [1.807, 2.05) is 19.1 Å². The number of ether oxygens (including phenoxy) is 2. The van der Waals surface area contributed by atoms with Gasteiger partial charge in [0.25, 0.3) is 17.4 Å². The number of piperazine rings is 1. The number of amides is 2. The number of hydrogen-bond donors (Lipinski definition) is 0. The third kappa shape index (κ3) is 1.61. The predicted octanol–water partition coefficient (Wildman–Crippen LogP) is 1.34. The number of hydrogen-bond acceptors (Lipinski definition) is 5. The quantitative estimate of drug-likeness (QED) is 0.663. The van der Waals surface area contributed by atoms with Crippen molar-refractivity contribution < 1.29 is 19.1 Å². The van der Waals surface area contributed by atoms with Crippen molar-refractivity contribution in [3.8, 4) is 11.5 Å². The van der Waals surface area contributed by atoms with Crippen molar-refractivity contribution in [3.63, 3.8) is 0 Å². The molecule has 0 saturated carbocycles. The lowest BCUT2D eigenvalue weighted by atomic mass is 9.87. The first-order valence-electron chi connectivity index (χ1n) is 8.54. The number of carbonyl (C=O) groups excluding carboxylic acids is 2. The second-order valence-electron chi connectivity index (χ2n) is 7.74. The van der Waals surface area contributed by atoms with Gasteiger partial charge in [-0.05, 0) is 45.3 Å². The van der Waals surface area contributed by atoms with Crippen LogP contribution in [0.1, 0.15) is 31.9 Å². The van der Waals surface area contributed by atoms with Crippen LogP contribution in [-0.4, -0.2) is 50.7 Å². The molecule has 140 valence electrons. The molecule has 1 aromatic rings. The monoisotopic (exact) mass is 403 g/mol. The fraction of sp³-hybridized carbons (Fsp3) is 0.500. The lowest BCUT2D eigenvalue weighted by molar-refractivity contribution is -0.159. The van der Waals surface area contributed by atoms with E-state index >= 15 is 0 Å². The van der Waals surface area contributed by atoms with Crippen LogP contribution in [0, 0.1) is 6.57 Å². The van der Waals surface area contributed by atoms with E-state index in [2.05, 4.69) is 4.85 Å².